The van der Waals surface area contributed by atoms with Gasteiger partial charge in [-0.15, -0.1) is 0 Å². The van der Waals surface area contributed by atoms with E-state index in [0.717, 1.165) is 85.8 Å². The van der Waals surface area contributed by atoms with Crippen LogP contribution in [0.5, 0.6) is 5.75 Å². The average Bonchev–Trinajstić information content (AvgIpc) is 3.27. The number of rotatable bonds is 13. The number of aryl methyl sites for hydroxylation is 2. The van der Waals surface area contributed by atoms with E-state index in [0.29, 0.717) is 64.0 Å². The number of imide groups is 1. The van der Waals surface area contributed by atoms with Crippen LogP contribution in [-0.4, -0.2) is 114 Å². The number of carbonyl (C=O) groups is 2. The van der Waals surface area contributed by atoms with E-state index in [1.807, 2.05) is 19.1 Å². The lowest BCUT2D eigenvalue weighted by Gasteiger charge is -2.43. The van der Waals surface area contributed by atoms with Gasteiger partial charge in [0.1, 0.15) is 36.2 Å². The molecule has 1 unspecified atom stereocenters. The van der Waals surface area contributed by atoms with Crippen molar-refractivity contribution in [3.63, 3.8) is 0 Å². The number of amides is 2. The summed E-state index contributed by atoms with van der Waals surface area (Å²) in [7, 11) is -1.13. The van der Waals surface area contributed by atoms with Crippen LogP contribution in [0.15, 0.2) is 53.3 Å². The van der Waals surface area contributed by atoms with E-state index in [-0.39, 0.29) is 18.4 Å². The number of piperidine rings is 2. The molecule has 0 aliphatic carbocycles. The minimum Gasteiger partial charge on any atom is -0.494 e. The van der Waals surface area contributed by atoms with E-state index in [2.05, 4.69) is 80.6 Å². The molecule has 14 nitrogen and oxygen atoms in total. The molecule has 3 aromatic carbocycles. The van der Waals surface area contributed by atoms with Gasteiger partial charge in [-0.05, 0) is 103 Å². The third-order valence-corrected chi connectivity index (χ3v) is 14.7. The lowest BCUT2D eigenvalue weighted by atomic mass is 9.89. The first-order valence-corrected chi connectivity index (χ1v) is 25.2. The van der Waals surface area contributed by atoms with Crippen molar-refractivity contribution in [3.8, 4) is 5.75 Å². The van der Waals surface area contributed by atoms with Crippen LogP contribution in [0.1, 0.15) is 61.0 Å². The number of ether oxygens (including phenoxy) is 1. The van der Waals surface area contributed by atoms with Crippen LogP contribution < -0.4 is 30.9 Å². The molecule has 3 aliphatic rings. The number of carbonyl (C=O) groups excluding carboxylic acids is 2. The topological polar surface area (TPSA) is 158 Å². The Kier molecular flexibility index (Phi) is 13.6. The number of nitrogens with zero attached hydrogens (tertiary/aromatic N) is 7. The Balaban J connectivity index is 0.860. The van der Waals surface area contributed by atoms with E-state index in [4.69, 9.17) is 9.72 Å². The first-order chi connectivity index (χ1) is 30.7. The highest BCUT2D eigenvalue weighted by Gasteiger charge is 2.33. The molecule has 0 radical (unpaired) electrons. The van der Waals surface area contributed by atoms with E-state index in [9.17, 15) is 14.2 Å². The van der Waals surface area contributed by atoms with Crippen LogP contribution in [0.3, 0.4) is 0 Å². The zero-order valence-corrected chi connectivity index (χ0v) is 39.3. The van der Waals surface area contributed by atoms with Gasteiger partial charge in [-0.1, -0.05) is 6.92 Å². The Hall–Kier alpha value is -5.09. The van der Waals surface area contributed by atoms with Crippen molar-refractivity contribution in [3.05, 3.63) is 87.4 Å². The molecule has 64 heavy (non-hydrogen) atoms. The van der Waals surface area contributed by atoms with Crippen LogP contribution in [0.2, 0.25) is 0 Å². The van der Waals surface area contributed by atoms with Gasteiger partial charge < -0.3 is 29.7 Å². The average molecular weight is 960 g/mol. The summed E-state index contributed by atoms with van der Waals surface area (Å²) in [5.41, 5.74) is 4.64. The van der Waals surface area contributed by atoms with E-state index in [1.165, 1.54) is 12.1 Å². The maximum absolute atomic E-state index is 15.1. The third-order valence-electron chi connectivity index (χ3n) is 12.6. The number of methoxy groups -OCH3 is 1. The Morgan fingerprint density at radius 3 is 2.33 bits per heavy atom. The maximum Gasteiger partial charge on any atom is 0.234 e. The first kappa shape index (κ1) is 45.5. The number of nitrogens with one attached hydrogen (secondary N) is 3. The summed E-state index contributed by atoms with van der Waals surface area (Å²) in [6.07, 6.45) is 6.85. The maximum atomic E-state index is 15.1. The van der Waals surface area contributed by atoms with Gasteiger partial charge in [-0.3, -0.25) is 19.8 Å². The number of hydrogen-bond acceptors (Lipinski definition) is 13. The van der Waals surface area contributed by atoms with E-state index in [1.54, 1.807) is 32.8 Å². The number of hydrogen-bond donors (Lipinski definition) is 3. The molecule has 0 saturated carbocycles. The second-order valence-electron chi connectivity index (χ2n) is 17.2. The summed E-state index contributed by atoms with van der Waals surface area (Å²) >= 11 is 3.59. The monoisotopic (exact) mass is 958 g/mol. The summed E-state index contributed by atoms with van der Waals surface area (Å²) in [6.45, 7) is 13.7. The van der Waals surface area contributed by atoms with Gasteiger partial charge in [0, 0.05) is 105 Å². The molecule has 8 rings (SSSR count). The highest BCUT2D eigenvalue weighted by atomic mass is 79.9. The number of fused-ring (bicyclic) bond motifs is 1. The van der Waals surface area contributed by atoms with Crippen molar-refractivity contribution < 1.29 is 27.7 Å². The molecular weight excluding hydrogens is 905 g/mol. The van der Waals surface area contributed by atoms with Gasteiger partial charge in [-0.2, -0.15) is 4.98 Å². The Morgan fingerprint density at radius 1 is 0.922 bits per heavy atom. The van der Waals surface area contributed by atoms with Crippen molar-refractivity contribution in [2.75, 3.05) is 81.8 Å². The van der Waals surface area contributed by atoms with Gasteiger partial charge in [0.05, 0.1) is 34.4 Å². The van der Waals surface area contributed by atoms with Gasteiger partial charge in [-0.25, -0.2) is 23.7 Å². The number of benzene rings is 3. The van der Waals surface area contributed by atoms with Crippen LogP contribution in [-0.2, 0) is 27.0 Å². The smallest absolute Gasteiger partial charge is 0.234 e. The van der Waals surface area contributed by atoms with E-state index >= 15 is 8.78 Å². The molecule has 5 aromatic rings. The zero-order valence-electron chi connectivity index (χ0n) is 36.8. The number of piperazine rings is 1. The molecule has 3 fully saturated rings. The summed E-state index contributed by atoms with van der Waals surface area (Å²) < 4.78 is 50.4. The zero-order chi connectivity index (χ0) is 45.3. The van der Waals surface area contributed by atoms with Crippen LogP contribution in [0.4, 0.5) is 37.6 Å². The van der Waals surface area contributed by atoms with Crippen LogP contribution >= 0.6 is 23.1 Å². The van der Waals surface area contributed by atoms with Gasteiger partial charge in [0.15, 0.2) is 0 Å². The van der Waals surface area contributed by atoms with Crippen molar-refractivity contribution in [2.45, 2.75) is 64.3 Å². The molecule has 3 aliphatic heterocycles. The van der Waals surface area contributed by atoms with Gasteiger partial charge in [0.2, 0.25) is 17.8 Å². The molecule has 0 bridgehead atoms. The molecule has 3 N–H and O–H groups in total. The number of aromatic nitrogens is 4. The molecule has 5 heterocycles. The Labute approximate surface area is 380 Å². The fraction of sp³-hybridized carbons (Fsp3) is 0.435. The number of halogens is 3. The fourth-order valence-corrected chi connectivity index (χ4v) is 11.0. The molecule has 1 atom stereocenters. The molecular formula is C46H54BrF2N10O4P. The molecule has 2 amide bonds. The largest absolute Gasteiger partial charge is 0.494 e. The lowest BCUT2D eigenvalue weighted by Crippen LogP contribution is -2.53. The summed E-state index contributed by atoms with van der Waals surface area (Å²) in [5, 5.41) is 10.3. The summed E-state index contributed by atoms with van der Waals surface area (Å²) in [5.74, 6) is -1.28. The highest BCUT2D eigenvalue weighted by molar-refractivity contribution is 9.10. The van der Waals surface area contributed by atoms with Crippen molar-refractivity contribution in [1.82, 2.24) is 35.1 Å². The predicted octanol–water partition coefficient (Wildman–Crippen LogP) is 7.42. The van der Waals surface area contributed by atoms with Gasteiger partial charge in [0.25, 0.3) is 0 Å². The first-order valence-electron chi connectivity index (χ1n) is 21.8. The van der Waals surface area contributed by atoms with Crippen molar-refractivity contribution >= 4 is 79.9 Å². The van der Waals surface area contributed by atoms with Crippen molar-refractivity contribution in [2.24, 2.45) is 0 Å². The lowest BCUT2D eigenvalue weighted by molar-refractivity contribution is -0.134. The van der Waals surface area contributed by atoms with Crippen LogP contribution in [0.25, 0.3) is 10.9 Å². The number of anilines is 5. The molecule has 338 valence electrons. The van der Waals surface area contributed by atoms with E-state index < -0.39 is 36.5 Å². The predicted molar refractivity (Wildman–Crippen MR) is 250 cm³/mol. The molecule has 0 spiro atoms. The fourth-order valence-electron chi connectivity index (χ4n) is 9.22. The third kappa shape index (κ3) is 9.92. The second-order valence-corrected chi connectivity index (χ2v) is 21.2. The van der Waals surface area contributed by atoms with Gasteiger partial charge >= 0.3 is 0 Å². The molecule has 18 heteroatoms. The molecule has 3 saturated heterocycles. The van der Waals surface area contributed by atoms with Crippen LogP contribution in [0, 0.1) is 18.6 Å². The Morgan fingerprint density at radius 2 is 1.66 bits per heavy atom. The standard InChI is InChI=1S/C46H54BrF2N10O4P/c1-6-40-50-25-31-35(52-40)8-9-36(43(31)64(4,5)62)53-44-32(47)26-51-46(56-44)54-37-21-27(2)38(24-39(37)63-3)59-15-12-29(13-16-59)58-19-17-57(18-20-58)14-11-28-22-33(48)42(34(49)23-28)30-7-10-41(60)55-45(30)61/h8-9,21-26,29-30H,6-7,10-20H2,1-5H3,(H,55,60,61)(H2,51,53,54,56). The Bertz CT molecular complexity index is 2610. The van der Waals surface area contributed by atoms with Crippen molar-refractivity contribution in [1.29, 1.82) is 0 Å². The second kappa shape index (κ2) is 19.2. The quantitative estimate of drug-likeness (QED) is 0.0792. The summed E-state index contributed by atoms with van der Waals surface area (Å²) in [4.78, 5) is 49.6. The normalized spacial score (nSPS) is 18.1. The minimum atomic E-state index is -2.78. The molecule has 2 aromatic heterocycles. The minimum absolute atomic E-state index is 0.0633. The summed E-state index contributed by atoms with van der Waals surface area (Å²) in [6, 6.07) is 11.1. The SMILES string of the molecule is CCc1ncc2c(P(C)(C)=O)c(Nc3nc(Nc4cc(C)c(N5CCC(N6CCN(CCc7cc(F)c(C8CCC(=O)NC8=O)c(F)c7)CC6)CC5)cc4OC)ncc3Br)ccc2n1. The highest BCUT2D eigenvalue weighted by Crippen LogP contribution is 2.42.